The van der Waals surface area contributed by atoms with Crippen LogP contribution in [0, 0.1) is 0 Å². The number of hydrogen-bond donors (Lipinski definition) is 3. The van der Waals surface area contributed by atoms with Gasteiger partial charge in [0.25, 0.3) is 0 Å². The number of para-hydroxylation sites is 4. The SMILES string of the molecule is [Cl][Cr+]([Cl])[Cl].c1ccc2[nH]c(CNCc3nc4ccccc4[nH]3)nc2c1. The number of fused-ring (bicyclic) bond motifs is 2. The maximum atomic E-state index is 4.93. The fourth-order valence-corrected chi connectivity index (χ4v) is 2.48. The number of nitrogens with zero attached hydrogens (tertiary/aromatic N) is 2. The minimum absolute atomic E-state index is 0.686. The molecule has 9 heteroatoms. The van der Waals surface area contributed by atoms with Crippen LogP contribution in [0.25, 0.3) is 22.1 Å². The molecule has 0 aliphatic heterocycles. The summed E-state index contributed by atoms with van der Waals surface area (Å²) in [5.74, 6) is 1.87. The third kappa shape index (κ3) is 5.36. The number of hydrogen-bond acceptors (Lipinski definition) is 3. The van der Waals surface area contributed by atoms with Crippen molar-refractivity contribution in [2.45, 2.75) is 13.1 Å². The van der Waals surface area contributed by atoms with Gasteiger partial charge in [-0.15, -0.1) is 0 Å². The number of benzene rings is 2. The summed E-state index contributed by atoms with van der Waals surface area (Å²) in [4.78, 5) is 15.7. The van der Waals surface area contributed by atoms with Gasteiger partial charge in [0.1, 0.15) is 11.6 Å². The van der Waals surface area contributed by atoms with Crippen LogP contribution in [-0.2, 0) is 24.5 Å². The van der Waals surface area contributed by atoms with Gasteiger partial charge in [0.05, 0.1) is 35.2 Å². The second-order valence-corrected chi connectivity index (χ2v) is 11.5. The van der Waals surface area contributed by atoms with Crippen LogP contribution >= 0.6 is 30.1 Å². The Hall–Kier alpha value is -1.26. The number of aromatic nitrogens is 4. The van der Waals surface area contributed by atoms with E-state index < -0.39 is 11.4 Å². The van der Waals surface area contributed by atoms with Crippen LogP contribution in [0.2, 0.25) is 0 Å². The van der Waals surface area contributed by atoms with Crippen molar-refractivity contribution < 1.29 is 11.4 Å². The molecule has 25 heavy (non-hydrogen) atoms. The maximum absolute atomic E-state index is 4.93. The second kappa shape index (κ2) is 8.91. The van der Waals surface area contributed by atoms with Crippen molar-refractivity contribution in [1.29, 1.82) is 0 Å². The topological polar surface area (TPSA) is 69.4 Å². The Labute approximate surface area is 161 Å². The molecule has 0 spiro atoms. The zero-order chi connectivity index (χ0) is 17.6. The zero-order valence-corrected chi connectivity index (χ0v) is 16.5. The fourth-order valence-electron chi connectivity index (χ4n) is 2.48. The Balaban J connectivity index is 0.000000415. The van der Waals surface area contributed by atoms with Crippen LogP contribution in [0.15, 0.2) is 48.5 Å². The summed E-state index contributed by atoms with van der Waals surface area (Å²) >= 11 is -1.62. The molecule has 0 unspecified atom stereocenters. The minimum atomic E-state index is -1.62. The van der Waals surface area contributed by atoms with E-state index >= 15 is 0 Å². The van der Waals surface area contributed by atoms with Gasteiger partial charge in [0, 0.05) is 0 Å². The van der Waals surface area contributed by atoms with Crippen molar-refractivity contribution in [3.63, 3.8) is 0 Å². The van der Waals surface area contributed by atoms with Crippen LogP contribution in [-0.4, -0.2) is 19.9 Å². The van der Waals surface area contributed by atoms with Crippen molar-refractivity contribution in [2.75, 3.05) is 0 Å². The van der Waals surface area contributed by atoms with Gasteiger partial charge >= 0.3 is 41.5 Å². The summed E-state index contributed by atoms with van der Waals surface area (Å²) in [6.45, 7) is 1.37. The first kappa shape index (κ1) is 18.5. The average Bonchev–Trinajstić information content (AvgIpc) is 3.16. The Morgan fingerprint density at radius 2 is 1.16 bits per heavy atom. The number of halogens is 3. The zero-order valence-electron chi connectivity index (χ0n) is 13.0. The molecule has 0 saturated carbocycles. The predicted molar refractivity (Wildman–Crippen MR) is 100 cm³/mol. The molecule has 3 N–H and O–H groups in total. The van der Waals surface area contributed by atoms with Crippen molar-refractivity contribution >= 4 is 52.2 Å². The molecule has 4 rings (SSSR count). The average molecular weight is 436 g/mol. The van der Waals surface area contributed by atoms with Crippen molar-refractivity contribution in [2.24, 2.45) is 0 Å². The molecule has 0 radical (unpaired) electrons. The van der Waals surface area contributed by atoms with Gasteiger partial charge < -0.3 is 15.3 Å². The number of imidazole rings is 2. The molecule has 130 valence electrons. The van der Waals surface area contributed by atoms with Crippen molar-refractivity contribution in [3.8, 4) is 0 Å². The van der Waals surface area contributed by atoms with Crippen LogP contribution < -0.4 is 5.32 Å². The number of H-pyrrole nitrogens is 2. The Kier molecular flexibility index (Phi) is 6.60. The summed E-state index contributed by atoms with van der Waals surface area (Å²) in [5, 5.41) is 3.35. The molecule has 4 aromatic rings. The van der Waals surface area contributed by atoms with Gasteiger partial charge in [0.15, 0.2) is 0 Å². The van der Waals surface area contributed by atoms with Crippen LogP contribution in [0.3, 0.4) is 0 Å². The first-order chi connectivity index (χ1) is 12.1. The van der Waals surface area contributed by atoms with Gasteiger partial charge in [-0.25, -0.2) is 9.97 Å². The molecule has 2 heterocycles. The van der Waals surface area contributed by atoms with Gasteiger partial charge in [-0.3, -0.25) is 0 Å². The van der Waals surface area contributed by atoms with E-state index in [0.717, 1.165) is 33.7 Å². The molecule has 0 aliphatic rings. The quantitative estimate of drug-likeness (QED) is 0.431. The molecule has 2 aromatic heterocycles. The number of aromatic amines is 2. The fraction of sp³-hybridized carbons (Fsp3) is 0.125. The molecule has 0 fully saturated rings. The summed E-state index contributed by atoms with van der Waals surface area (Å²) < 4.78 is 0. The minimum Gasteiger partial charge on any atom is -0.341 e. The third-order valence-corrected chi connectivity index (χ3v) is 3.46. The molecule has 0 aliphatic carbocycles. The summed E-state index contributed by atoms with van der Waals surface area (Å²) in [6.07, 6.45) is 0. The standard InChI is InChI=1S/C16H15N5.3ClH.Cr/c1-2-6-12-11(5-1)18-15(19-12)9-17-10-16-20-13-7-3-4-8-14(13)21-16;;;;/h1-8,17H,9-10H2,(H,18,19)(H,20,21);3*1H;/q;;;;+4/p-3. The molecule has 2 aromatic carbocycles. The van der Waals surface area contributed by atoms with Crippen LogP contribution in [0.4, 0.5) is 0 Å². The maximum Gasteiger partial charge on any atom is 0.121 e. The van der Waals surface area contributed by atoms with Crippen molar-refractivity contribution in [3.05, 3.63) is 60.2 Å². The number of nitrogens with one attached hydrogen (secondary N) is 3. The number of rotatable bonds is 4. The molecule has 0 amide bonds. The van der Waals surface area contributed by atoms with E-state index in [-0.39, 0.29) is 0 Å². The van der Waals surface area contributed by atoms with Gasteiger partial charge in [-0.2, -0.15) is 0 Å². The molecule has 5 nitrogen and oxygen atoms in total. The van der Waals surface area contributed by atoms with E-state index in [1.165, 1.54) is 0 Å². The van der Waals surface area contributed by atoms with E-state index in [1.54, 1.807) is 0 Å². The Morgan fingerprint density at radius 3 is 1.56 bits per heavy atom. The van der Waals surface area contributed by atoms with Gasteiger partial charge in [0.2, 0.25) is 0 Å². The van der Waals surface area contributed by atoms with Gasteiger partial charge in [-0.1, -0.05) is 24.3 Å². The van der Waals surface area contributed by atoms with Crippen LogP contribution in [0.1, 0.15) is 11.6 Å². The molecule has 0 bridgehead atoms. The third-order valence-electron chi connectivity index (χ3n) is 3.46. The first-order valence-electron chi connectivity index (χ1n) is 7.43. The smallest absolute Gasteiger partial charge is 0.121 e. The van der Waals surface area contributed by atoms with E-state index in [9.17, 15) is 0 Å². The van der Waals surface area contributed by atoms with E-state index in [2.05, 4.69) is 25.3 Å². The van der Waals surface area contributed by atoms with E-state index in [4.69, 9.17) is 30.1 Å². The summed E-state index contributed by atoms with van der Waals surface area (Å²) in [5.41, 5.74) is 4.13. The monoisotopic (exact) mass is 434 g/mol. The second-order valence-electron chi connectivity index (χ2n) is 5.18. The van der Waals surface area contributed by atoms with Crippen LogP contribution in [0.5, 0.6) is 0 Å². The molecule has 0 saturated heterocycles. The summed E-state index contributed by atoms with van der Waals surface area (Å²) in [6, 6.07) is 16.1. The molecular formula is C16H15Cl3CrN5+. The molecule has 0 atom stereocenters. The predicted octanol–water partition coefficient (Wildman–Crippen LogP) is 4.80. The van der Waals surface area contributed by atoms with E-state index in [1.807, 2.05) is 48.5 Å². The first-order valence-corrected chi connectivity index (χ1v) is 12.7. The largest absolute Gasteiger partial charge is 0.341 e. The van der Waals surface area contributed by atoms with Crippen molar-refractivity contribution in [1.82, 2.24) is 25.3 Å². The Bertz CT molecular complexity index is 810. The summed E-state index contributed by atoms with van der Waals surface area (Å²) in [7, 11) is 14.8. The molecular weight excluding hydrogens is 421 g/mol. The van der Waals surface area contributed by atoms with E-state index in [0.29, 0.717) is 13.1 Å². The van der Waals surface area contributed by atoms with Gasteiger partial charge in [-0.05, 0) is 24.3 Å². The normalized spacial score (nSPS) is 11.0. The Morgan fingerprint density at radius 1 is 0.760 bits per heavy atom.